The van der Waals surface area contributed by atoms with Gasteiger partial charge in [-0.05, 0) is 24.1 Å². The number of benzene rings is 1. The van der Waals surface area contributed by atoms with Crippen molar-refractivity contribution in [3.63, 3.8) is 0 Å². The number of rotatable bonds is 3. The van der Waals surface area contributed by atoms with E-state index in [4.69, 9.17) is 10.5 Å². The molecule has 0 saturated heterocycles. The molecule has 2 aromatic rings. The van der Waals surface area contributed by atoms with E-state index in [9.17, 15) is 4.79 Å². The molecule has 0 atom stereocenters. The zero-order valence-corrected chi connectivity index (χ0v) is 15.0. The minimum atomic E-state index is -0.387. The van der Waals surface area contributed by atoms with Crippen molar-refractivity contribution in [2.45, 2.75) is 13.3 Å². The van der Waals surface area contributed by atoms with Gasteiger partial charge in [0.25, 0.3) is 0 Å². The molecule has 6 heteroatoms. The maximum Gasteiger partial charge on any atom is 0.350 e. The lowest BCUT2D eigenvalue weighted by atomic mass is 10.1. The van der Waals surface area contributed by atoms with E-state index in [0.29, 0.717) is 10.6 Å². The van der Waals surface area contributed by atoms with Gasteiger partial charge in [0.2, 0.25) is 0 Å². The Bertz CT molecular complexity index is 667. The lowest BCUT2D eigenvalue weighted by Crippen LogP contribution is -2.02. The second kappa shape index (κ2) is 6.28. The van der Waals surface area contributed by atoms with E-state index < -0.39 is 0 Å². The molecule has 106 valence electrons. The van der Waals surface area contributed by atoms with Gasteiger partial charge in [0.05, 0.1) is 12.8 Å². The predicted octanol–water partition coefficient (Wildman–Crippen LogP) is 4.87. The van der Waals surface area contributed by atoms with Gasteiger partial charge in [0, 0.05) is 19.4 Å². The molecular weight excluding hydrogens is 406 g/mol. The van der Waals surface area contributed by atoms with Gasteiger partial charge >= 0.3 is 5.97 Å². The minimum Gasteiger partial charge on any atom is -0.465 e. The molecule has 0 amide bonds. The topological polar surface area (TPSA) is 52.3 Å². The fourth-order valence-electron chi connectivity index (χ4n) is 1.96. The molecule has 0 unspecified atom stereocenters. The molecule has 0 aliphatic heterocycles. The van der Waals surface area contributed by atoms with Crippen molar-refractivity contribution in [3.05, 3.63) is 37.6 Å². The normalized spacial score (nSPS) is 10.6. The number of halogens is 2. The zero-order valence-electron chi connectivity index (χ0n) is 11.0. The summed E-state index contributed by atoms with van der Waals surface area (Å²) in [5.74, 6) is -0.387. The molecule has 0 aliphatic rings. The first-order valence-electron chi connectivity index (χ1n) is 5.94. The number of ether oxygens (including phenoxy) is 1. The minimum absolute atomic E-state index is 0.387. The van der Waals surface area contributed by atoms with Crippen LogP contribution in [0.1, 0.15) is 22.2 Å². The Labute approximate surface area is 138 Å². The number of nitrogens with two attached hydrogens (primary N) is 1. The molecule has 20 heavy (non-hydrogen) atoms. The molecule has 0 spiro atoms. The maximum absolute atomic E-state index is 11.8. The molecule has 0 aliphatic carbocycles. The fraction of sp³-hybridized carbons (Fsp3) is 0.214. The van der Waals surface area contributed by atoms with Crippen LogP contribution < -0.4 is 5.73 Å². The maximum atomic E-state index is 11.8. The van der Waals surface area contributed by atoms with Crippen molar-refractivity contribution in [1.29, 1.82) is 0 Å². The first-order valence-corrected chi connectivity index (χ1v) is 8.34. The van der Waals surface area contributed by atoms with Gasteiger partial charge in [0.15, 0.2) is 0 Å². The van der Waals surface area contributed by atoms with Gasteiger partial charge in [0.1, 0.15) is 4.88 Å². The van der Waals surface area contributed by atoms with Crippen LogP contribution >= 0.6 is 43.2 Å². The standard InChI is InChI=1S/C14H13Br2NO2S/c1-3-8-11(17)13(14(18)19-2)20-12(8)9-5-4-7(15)6-10(9)16/h4-6H,3,17H2,1-2H3. The van der Waals surface area contributed by atoms with E-state index in [1.807, 2.05) is 25.1 Å². The molecule has 2 N–H and O–H groups in total. The summed E-state index contributed by atoms with van der Waals surface area (Å²) in [6, 6.07) is 5.94. The fourth-order valence-corrected chi connectivity index (χ4v) is 4.61. The Hall–Kier alpha value is -0.850. The average Bonchev–Trinajstić information content (AvgIpc) is 2.74. The van der Waals surface area contributed by atoms with E-state index in [-0.39, 0.29) is 5.97 Å². The Kier molecular flexibility index (Phi) is 4.88. The summed E-state index contributed by atoms with van der Waals surface area (Å²) in [6.07, 6.45) is 0.761. The summed E-state index contributed by atoms with van der Waals surface area (Å²) >= 11 is 8.36. The van der Waals surface area contributed by atoms with Crippen molar-refractivity contribution < 1.29 is 9.53 Å². The average molecular weight is 419 g/mol. The first kappa shape index (κ1) is 15.5. The van der Waals surface area contributed by atoms with Crippen molar-refractivity contribution in [1.82, 2.24) is 0 Å². The monoisotopic (exact) mass is 417 g/mol. The molecule has 2 rings (SSSR count). The SMILES string of the molecule is CCc1c(-c2ccc(Br)cc2Br)sc(C(=O)OC)c1N. The molecule has 0 saturated carbocycles. The Morgan fingerprint density at radius 1 is 1.40 bits per heavy atom. The van der Waals surface area contributed by atoms with Crippen LogP contribution in [0.3, 0.4) is 0 Å². The van der Waals surface area contributed by atoms with Gasteiger partial charge < -0.3 is 10.5 Å². The summed E-state index contributed by atoms with van der Waals surface area (Å²) in [5, 5.41) is 0. The van der Waals surface area contributed by atoms with E-state index >= 15 is 0 Å². The number of anilines is 1. The molecule has 3 nitrogen and oxygen atoms in total. The lowest BCUT2D eigenvalue weighted by Gasteiger charge is -2.06. The van der Waals surface area contributed by atoms with Crippen molar-refractivity contribution in [2.24, 2.45) is 0 Å². The smallest absolute Gasteiger partial charge is 0.350 e. The van der Waals surface area contributed by atoms with Gasteiger partial charge in [-0.15, -0.1) is 11.3 Å². The first-order chi connectivity index (χ1) is 9.49. The van der Waals surface area contributed by atoms with Gasteiger partial charge in [-0.3, -0.25) is 0 Å². The third-order valence-corrected chi connectivity index (χ3v) is 5.36. The number of nitrogen functional groups attached to an aromatic ring is 1. The van der Waals surface area contributed by atoms with Crippen LogP contribution in [-0.2, 0) is 11.2 Å². The molecular formula is C14H13Br2NO2S. The largest absolute Gasteiger partial charge is 0.465 e. The lowest BCUT2D eigenvalue weighted by molar-refractivity contribution is 0.0607. The van der Waals surface area contributed by atoms with Crippen LogP contribution in [0.25, 0.3) is 10.4 Å². The van der Waals surface area contributed by atoms with Crippen molar-refractivity contribution in [2.75, 3.05) is 12.8 Å². The summed E-state index contributed by atoms with van der Waals surface area (Å²) in [4.78, 5) is 13.2. The van der Waals surface area contributed by atoms with Crippen LogP contribution in [0.2, 0.25) is 0 Å². The second-order valence-corrected chi connectivity index (χ2v) is 6.91. The third-order valence-electron chi connectivity index (χ3n) is 2.95. The highest BCUT2D eigenvalue weighted by Gasteiger charge is 2.22. The highest BCUT2D eigenvalue weighted by Crippen LogP contribution is 2.42. The molecule has 0 fully saturated rings. The van der Waals surface area contributed by atoms with Gasteiger partial charge in [-0.1, -0.05) is 44.8 Å². The van der Waals surface area contributed by atoms with Crippen LogP contribution in [0.5, 0.6) is 0 Å². The van der Waals surface area contributed by atoms with E-state index in [2.05, 4.69) is 31.9 Å². The van der Waals surface area contributed by atoms with E-state index in [0.717, 1.165) is 31.4 Å². The third kappa shape index (κ3) is 2.77. The molecule has 1 heterocycles. The van der Waals surface area contributed by atoms with Gasteiger partial charge in [-0.25, -0.2) is 4.79 Å². The number of carbonyl (C=O) groups excluding carboxylic acids is 1. The summed E-state index contributed by atoms with van der Waals surface area (Å²) in [7, 11) is 1.36. The quantitative estimate of drug-likeness (QED) is 0.723. The van der Waals surface area contributed by atoms with Crippen LogP contribution in [0, 0.1) is 0 Å². The number of thiophene rings is 1. The molecule has 1 aromatic heterocycles. The van der Waals surface area contributed by atoms with Gasteiger partial charge in [-0.2, -0.15) is 0 Å². The second-order valence-electron chi connectivity index (χ2n) is 4.12. The Balaban J connectivity index is 2.64. The number of esters is 1. The molecule has 0 bridgehead atoms. The summed E-state index contributed by atoms with van der Waals surface area (Å²) in [6.45, 7) is 2.02. The summed E-state index contributed by atoms with van der Waals surface area (Å²) < 4.78 is 6.73. The van der Waals surface area contributed by atoms with Crippen molar-refractivity contribution in [3.8, 4) is 10.4 Å². The summed E-state index contributed by atoms with van der Waals surface area (Å²) in [5.41, 5.74) is 8.63. The zero-order chi connectivity index (χ0) is 14.9. The van der Waals surface area contributed by atoms with E-state index in [1.165, 1.54) is 18.4 Å². The highest BCUT2D eigenvalue weighted by molar-refractivity contribution is 9.11. The number of methoxy groups -OCH3 is 1. The predicted molar refractivity (Wildman–Crippen MR) is 90.3 cm³/mol. The number of hydrogen-bond donors (Lipinski definition) is 1. The Morgan fingerprint density at radius 2 is 2.10 bits per heavy atom. The molecule has 1 aromatic carbocycles. The van der Waals surface area contributed by atoms with Crippen molar-refractivity contribution >= 4 is 54.9 Å². The highest BCUT2D eigenvalue weighted by atomic mass is 79.9. The number of carbonyl (C=O) groups is 1. The van der Waals surface area contributed by atoms with Crippen LogP contribution in [-0.4, -0.2) is 13.1 Å². The molecule has 0 radical (unpaired) electrons. The number of hydrogen-bond acceptors (Lipinski definition) is 4. The van der Waals surface area contributed by atoms with E-state index in [1.54, 1.807) is 0 Å². The van der Waals surface area contributed by atoms with Crippen LogP contribution in [0.15, 0.2) is 27.1 Å². The van der Waals surface area contributed by atoms with Crippen LogP contribution in [0.4, 0.5) is 5.69 Å². The Morgan fingerprint density at radius 3 is 2.65 bits per heavy atom.